The molecule has 0 bridgehead atoms. The summed E-state index contributed by atoms with van der Waals surface area (Å²) in [6.45, 7) is 3.10. The molecule has 2 rings (SSSR count). The molecule has 1 aliphatic carbocycles. The zero-order chi connectivity index (χ0) is 13.5. The molecule has 1 aliphatic rings. The third-order valence-electron chi connectivity index (χ3n) is 3.78. The lowest BCUT2D eigenvalue weighted by Crippen LogP contribution is -2.08. The van der Waals surface area contributed by atoms with Gasteiger partial charge in [-0.3, -0.25) is 0 Å². The predicted molar refractivity (Wildman–Crippen MR) is 82.6 cm³/mol. The topological polar surface area (TPSA) is 35.8 Å². The highest BCUT2D eigenvalue weighted by Gasteiger charge is 2.14. The summed E-state index contributed by atoms with van der Waals surface area (Å²) in [4.78, 5) is 1.09. The standard InChI is InChI=1S/C16H22N2S/c1-2-19-16-9-5-8-15(14(16)12-17)18-11-10-13-6-3-4-7-13/h5,8-9,13,18H,2-4,6-7,10-11H2,1H3. The zero-order valence-electron chi connectivity index (χ0n) is 11.6. The Morgan fingerprint density at radius 1 is 1.37 bits per heavy atom. The van der Waals surface area contributed by atoms with E-state index in [0.29, 0.717) is 0 Å². The number of benzene rings is 1. The maximum atomic E-state index is 9.33. The Morgan fingerprint density at radius 2 is 2.16 bits per heavy atom. The van der Waals surface area contributed by atoms with Crippen LogP contribution in [0, 0.1) is 17.2 Å². The lowest BCUT2D eigenvalue weighted by Gasteiger charge is -2.13. The van der Waals surface area contributed by atoms with E-state index >= 15 is 0 Å². The van der Waals surface area contributed by atoms with E-state index in [9.17, 15) is 5.26 Å². The summed E-state index contributed by atoms with van der Waals surface area (Å²) in [6, 6.07) is 8.44. The van der Waals surface area contributed by atoms with E-state index in [-0.39, 0.29) is 0 Å². The molecule has 0 atom stereocenters. The number of thioether (sulfide) groups is 1. The molecule has 3 heteroatoms. The van der Waals surface area contributed by atoms with Crippen LogP contribution in [-0.4, -0.2) is 12.3 Å². The van der Waals surface area contributed by atoms with E-state index < -0.39 is 0 Å². The molecule has 19 heavy (non-hydrogen) atoms. The average Bonchev–Trinajstić information content (AvgIpc) is 2.93. The minimum atomic E-state index is 0.806. The molecule has 1 saturated carbocycles. The Kier molecular flexibility index (Phi) is 5.60. The lowest BCUT2D eigenvalue weighted by atomic mass is 10.0. The van der Waals surface area contributed by atoms with Crippen molar-refractivity contribution in [2.45, 2.75) is 43.9 Å². The second-order valence-corrected chi connectivity index (χ2v) is 6.40. The van der Waals surface area contributed by atoms with Gasteiger partial charge in [-0.15, -0.1) is 11.8 Å². The van der Waals surface area contributed by atoms with Gasteiger partial charge in [0.05, 0.1) is 11.3 Å². The second-order valence-electron chi connectivity index (χ2n) is 5.09. The Labute approximate surface area is 120 Å². The lowest BCUT2D eigenvalue weighted by molar-refractivity contribution is 0.518. The minimum absolute atomic E-state index is 0.806. The van der Waals surface area contributed by atoms with Crippen LogP contribution in [0.2, 0.25) is 0 Å². The number of hydrogen-bond donors (Lipinski definition) is 1. The molecule has 102 valence electrons. The van der Waals surface area contributed by atoms with E-state index in [1.807, 2.05) is 18.2 Å². The first kappa shape index (κ1) is 14.3. The van der Waals surface area contributed by atoms with E-state index in [1.165, 1.54) is 32.1 Å². The Hall–Kier alpha value is -1.14. The van der Waals surface area contributed by atoms with Gasteiger partial charge in [-0.2, -0.15) is 5.26 Å². The van der Waals surface area contributed by atoms with Crippen molar-refractivity contribution in [3.63, 3.8) is 0 Å². The summed E-state index contributed by atoms with van der Waals surface area (Å²) >= 11 is 1.74. The van der Waals surface area contributed by atoms with Crippen molar-refractivity contribution >= 4 is 17.4 Å². The summed E-state index contributed by atoms with van der Waals surface area (Å²) in [5.41, 5.74) is 1.81. The summed E-state index contributed by atoms with van der Waals surface area (Å²) in [7, 11) is 0. The number of anilines is 1. The highest BCUT2D eigenvalue weighted by Crippen LogP contribution is 2.29. The first-order valence-corrected chi connectivity index (χ1v) is 8.23. The fourth-order valence-corrected chi connectivity index (χ4v) is 3.57. The maximum Gasteiger partial charge on any atom is 0.102 e. The van der Waals surface area contributed by atoms with Crippen LogP contribution >= 0.6 is 11.8 Å². The van der Waals surface area contributed by atoms with Gasteiger partial charge in [0.15, 0.2) is 0 Å². The van der Waals surface area contributed by atoms with Crippen LogP contribution in [0.3, 0.4) is 0 Å². The zero-order valence-corrected chi connectivity index (χ0v) is 12.4. The van der Waals surface area contributed by atoms with Crippen LogP contribution in [-0.2, 0) is 0 Å². The summed E-state index contributed by atoms with van der Waals surface area (Å²) in [5, 5.41) is 12.8. The van der Waals surface area contributed by atoms with Gasteiger partial charge in [0.25, 0.3) is 0 Å². The summed E-state index contributed by atoms with van der Waals surface area (Å²) in [6.07, 6.45) is 6.81. The normalized spacial score (nSPS) is 15.4. The number of nitriles is 1. The quantitative estimate of drug-likeness (QED) is 0.766. The average molecular weight is 274 g/mol. The van der Waals surface area contributed by atoms with Gasteiger partial charge in [-0.25, -0.2) is 0 Å². The van der Waals surface area contributed by atoms with Crippen LogP contribution in [0.4, 0.5) is 5.69 Å². The van der Waals surface area contributed by atoms with Crippen LogP contribution in [0.25, 0.3) is 0 Å². The van der Waals surface area contributed by atoms with Crippen LogP contribution in [0.1, 0.15) is 44.6 Å². The SMILES string of the molecule is CCSc1cccc(NCCC2CCCC2)c1C#N. The van der Waals surface area contributed by atoms with Crippen LogP contribution in [0.5, 0.6) is 0 Å². The fraction of sp³-hybridized carbons (Fsp3) is 0.562. The molecule has 0 heterocycles. The number of rotatable bonds is 6. The molecule has 1 aromatic carbocycles. The van der Waals surface area contributed by atoms with E-state index in [4.69, 9.17) is 0 Å². The maximum absolute atomic E-state index is 9.33. The molecule has 0 radical (unpaired) electrons. The van der Waals surface area contributed by atoms with Crippen molar-refractivity contribution in [2.75, 3.05) is 17.6 Å². The first-order valence-electron chi connectivity index (χ1n) is 7.25. The van der Waals surface area contributed by atoms with Crippen molar-refractivity contribution in [2.24, 2.45) is 5.92 Å². The third kappa shape index (κ3) is 3.91. The monoisotopic (exact) mass is 274 g/mol. The molecule has 2 nitrogen and oxygen atoms in total. The molecular weight excluding hydrogens is 252 g/mol. The van der Waals surface area contributed by atoms with E-state index in [2.05, 4.69) is 18.3 Å². The molecule has 0 spiro atoms. The smallest absolute Gasteiger partial charge is 0.102 e. The van der Waals surface area contributed by atoms with Gasteiger partial charge in [-0.05, 0) is 30.2 Å². The fourth-order valence-electron chi connectivity index (χ4n) is 2.78. The van der Waals surface area contributed by atoms with Crippen LogP contribution < -0.4 is 5.32 Å². The van der Waals surface area contributed by atoms with Gasteiger partial charge in [0.2, 0.25) is 0 Å². The molecule has 0 amide bonds. The second kappa shape index (κ2) is 7.45. The Morgan fingerprint density at radius 3 is 2.84 bits per heavy atom. The number of nitrogens with one attached hydrogen (secondary N) is 1. The van der Waals surface area contributed by atoms with Crippen molar-refractivity contribution in [3.05, 3.63) is 23.8 Å². The molecular formula is C16H22N2S. The number of hydrogen-bond acceptors (Lipinski definition) is 3. The molecule has 0 saturated heterocycles. The molecule has 1 aromatic rings. The first-order chi connectivity index (χ1) is 9.35. The summed E-state index contributed by atoms with van der Waals surface area (Å²) < 4.78 is 0. The van der Waals surface area contributed by atoms with Gasteiger partial charge in [0, 0.05) is 11.4 Å². The summed E-state index contributed by atoms with van der Waals surface area (Å²) in [5.74, 6) is 1.89. The Bertz CT molecular complexity index is 445. The molecule has 0 unspecified atom stereocenters. The van der Waals surface area contributed by atoms with Crippen molar-refractivity contribution in [3.8, 4) is 6.07 Å². The molecule has 1 N–H and O–H groups in total. The highest BCUT2D eigenvalue weighted by atomic mass is 32.2. The van der Waals surface area contributed by atoms with Crippen LogP contribution in [0.15, 0.2) is 23.1 Å². The van der Waals surface area contributed by atoms with Crippen molar-refractivity contribution < 1.29 is 0 Å². The van der Waals surface area contributed by atoms with E-state index in [1.54, 1.807) is 11.8 Å². The highest BCUT2D eigenvalue weighted by molar-refractivity contribution is 7.99. The molecule has 0 aliphatic heterocycles. The van der Waals surface area contributed by atoms with Gasteiger partial charge in [0.1, 0.15) is 6.07 Å². The largest absolute Gasteiger partial charge is 0.384 e. The van der Waals surface area contributed by atoms with E-state index in [0.717, 1.165) is 34.4 Å². The molecule has 1 fully saturated rings. The van der Waals surface area contributed by atoms with Crippen molar-refractivity contribution in [1.29, 1.82) is 5.26 Å². The van der Waals surface area contributed by atoms with Gasteiger partial charge >= 0.3 is 0 Å². The number of nitrogens with zero attached hydrogens (tertiary/aromatic N) is 1. The van der Waals surface area contributed by atoms with Crippen molar-refractivity contribution in [1.82, 2.24) is 0 Å². The molecule has 0 aromatic heterocycles. The Balaban J connectivity index is 1.95. The minimum Gasteiger partial charge on any atom is -0.384 e. The third-order valence-corrected chi connectivity index (χ3v) is 4.72. The van der Waals surface area contributed by atoms with Gasteiger partial charge < -0.3 is 5.32 Å². The van der Waals surface area contributed by atoms with Gasteiger partial charge in [-0.1, -0.05) is 38.7 Å². The predicted octanol–water partition coefficient (Wildman–Crippen LogP) is 4.66.